The smallest absolute Gasteiger partial charge is 0.119 e. The third kappa shape index (κ3) is 1.26. The van der Waals surface area contributed by atoms with Crippen LogP contribution in [0.25, 0.3) is 0 Å². The van der Waals surface area contributed by atoms with E-state index in [-0.39, 0.29) is 5.54 Å². The average Bonchev–Trinajstić information content (AvgIpc) is 2.38. The van der Waals surface area contributed by atoms with Crippen molar-refractivity contribution in [2.45, 2.75) is 32.2 Å². The molecule has 0 fully saturated rings. The molecule has 1 unspecified atom stereocenters. The molecule has 0 spiro atoms. The van der Waals surface area contributed by atoms with Gasteiger partial charge in [-0.15, -0.1) is 0 Å². The maximum Gasteiger partial charge on any atom is 0.119 e. The molecule has 1 heterocycles. The van der Waals surface area contributed by atoms with Crippen molar-refractivity contribution in [1.29, 1.82) is 0 Å². The van der Waals surface area contributed by atoms with Crippen molar-refractivity contribution >= 4 is 5.69 Å². The molecular weight excluding hydrogens is 174 g/mol. The van der Waals surface area contributed by atoms with Crippen LogP contribution in [0, 0.1) is 0 Å². The molecule has 1 aliphatic rings. The molecule has 14 heavy (non-hydrogen) atoms. The van der Waals surface area contributed by atoms with Crippen LogP contribution in [0.4, 0.5) is 5.69 Å². The lowest BCUT2D eigenvalue weighted by atomic mass is 9.88. The van der Waals surface area contributed by atoms with E-state index in [4.69, 9.17) is 4.74 Å². The lowest BCUT2D eigenvalue weighted by Crippen LogP contribution is -2.30. The maximum absolute atomic E-state index is 5.23. The molecule has 0 aromatic heterocycles. The summed E-state index contributed by atoms with van der Waals surface area (Å²) in [7, 11) is 1.71. The van der Waals surface area contributed by atoms with Gasteiger partial charge in [-0.2, -0.15) is 0 Å². The fourth-order valence-electron chi connectivity index (χ4n) is 1.98. The van der Waals surface area contributed by atoms with E-state index in [1.54, 1.807) is 7.11 Å². The van der Waals surface area contributed by atoms with Gasteiger partial charge >= 0.3 is 0 Å². The Morgan fingerprint density at radius 1 is 1.36 bits per heavy atom. The van der Waals surface area contributed by atoms with Crippen LogP contribution in [0.1, 0.15) is 32.3 Å². The molecule has 1 aliphatic heterocycles. The van der Waals surface area contributed by atoms with Gasteiger partial charge in [0.1, 0.15) is 5.75 Å². The molecule has 1 N–H and O–H groups in total. The van der Waals surface area contributed by atoms with Gasteiger partial charge in [0.25, 0.3) is 0 Å². The minimum atomic E-state index is 0.148. The summed E-state index contributed by atoms with van der Waals surface area (Å²) >= 11 is 0. The van der Waals surface area contributed by atoms with Crippen molar-refractivity contribution in [3.63, 3.8) is 0 Å². The molecule has 2 nitrogen and oxygen atoms in total. The molecular formula is C12H17NO. The Morgan fingerprint density at radius 3 is 2.71 bits per heavy atom. The highest BCUT2D eigenvalue weighted by Crippen LogP contribution is 2.43. The summed E-state index contributed by atoms with van der Waals surface area (Å²) in [6, 6.07) is 6.22. The van der Waals surface area contributed by atoms with E-state index in [0.717, 1.165) is 5.75 Å². The van der Waals surface area contributed by atoms with Crippen LogP contribution in [0.3, 0.4) is 0 Å². The second-order valence-electron chi connectivity index (χ2n) is 4.52. The summed E-state index contributed by atoms with van der Waals surface area (Å²) in [5, 5.41) is 3.52. The summed E-state index contributed by atoms with van der Waals surface area (Å²) in [4.78, 5) is 0. The standard InChI is InChI=1S/C12H17NO/c1-8-10-7-9(14-4)5-6-11(10)13-12(8,2)3/h5-8,13H,1-4H3. The molecule has 0 aliphatic carbocycles. The van der Waals surface area contributed by atoms with Crippen LogP contribution < -0.4 is 10.1 Å². The molecule has 0 bridgehead atoms. The number of fused-ring (bicyclic) bond motifs is 1. The van der Waals surface area contributed by atoms with Gasteiger partial charge in [0.2, 0.25) is 0 Å². The highest BCUT2D eigenvalue weighted by atomic mass is 16.5. The first-order chi connectivity index (χ1) is 6.54. The first kappa shape index (κ1) is 9.38. The van der Waals surface area contributed by atoms with Gasteiger partial charge in [-0.3, -0.25) is 0 Å². The van der Waals surface area contributed by atoms with E-state index >= 15 is 0 Å². The molecule has 0 saturated carbocycles. The Balaban J connectivity index is 2.45. The van der Waals surface area contributed by atoms with E-state index in [9.17, 15) is 0 Å². The Labute approximate surface area is 85.3 Å². The lowest BCUT2D eigenvalue weighted by molar-refractivity contribution is 0.413. The lowest BCUT2D eigenvalue weighted by Gasteiger charge is -2.24. The van der Waals surface area contributed by atoms with Crippen molar-refractivity contribution in [3.8, 4) is 5.75 Å². The van der Waals surface area contributed by atoms with E-state index in [1.807, 2.05) is 6.07 Å². The van der Waals surface area contributed by atoms with E-state index in [1.165, 1.54) is 11.3 Å². The van der Waals surface area contributed by atoms with Crippen LogP contribution in [0.5, 0.6) is 5.75 Å². The Morgan fingerprint density at radius 2 is 2.07 bits per heavy atom. The Hall–Kier alpha value is -1.18. The normalized spacial score (nSPS) is 22.7. The van der Waals surface area contributed by atoms with Crippen molar-refractivity contribution in [1.82, 2.24) is 0 Å². The highest BCUT2D eigenvalue weighted by molar-refractivity contribution is 5.62. The van der Waals surface area contributed by atoms with Crippen molar-refractivity contribution in [2.24, 2.45) is 0 Å². The zero-order valence-electron chi connectivity index (χ0n) is 9.22. The molecule has 1 aromatic rings. The summed E-state index contributed by atoms with van der Waals surface area (Å²) < 4.78 is 5.23. The second kappa shape index (κ2) is 2.91. The predicted octanol–water partition coefficient (Wildman–Crippen LogP) is 3.00. The SMILES string of the molecule is COc1ccc2c(c1)C(C)C(C)(C)N2. The number of ether oxygens (including phenoxy) is 1. The molecule has 2 heteroatoms. The van der Waals surface area contributed by atoms with Crippen molar-refractivity contribution in [2.75, 3.05) is 12.4 Å². The van der Waals surface area contributed by atoms with E-state index in [2.05, 4.69) is 38.2 Å². The topological polar surface area (TPSA) is 21.3 Å². The van der Waals surface area contributed by atoms with E-state index < -0.39 is 0 Å². The van der Waals surface area contributed by atoms with Crippen molar-refractivity contribution < 1.29 is 4.74 Å². The molecule has 0 saturated heterocycles. The minimum absolute atomic E-state index is 0.148. The molecule has 1 aromatic carbocycles. The summed E-state index contributed by atoms with van der Waals surface area (Å²) in [5.41, 5.74) is 2.74. The third-order valence-electron chi connectivity index (χ3n) is 3.26. The van der Waals surface area contributed by atoms with Crippen LogP contribution in [-0.2, 0) is 0 Å². The van der Waals surface area contributed by atoms with Gasteiger partial charge < -0.3 is 10.1 Å². The van der Waals surface area contributed by atoms with Crippen LogP contribution in [0.15, 0.2) is 18.2 Å². The van der Waals surface area contributed by atoms with Gasteiger partial charge in [-0.25, -0.2) is 0 Å². The average molecular weight is 191 g/mol. The highest BCUT2D eigenvalue weighted by Gasteiger charge is 2.35. The number of hydrogen-bond acceptors (Lipinski definition) is 2. The number of hydrogen-bond donors (Lipinski definition) is 1. The molecule has 1 atom stereocenters. The fraction of sp³-hybridized carbons (Fsp3) is 0.500. The van der Waals surface area contributed by atoms with Crippen molar-refractivity contribution in [3.05, 3.63) is 23.8 Å². The van der Waals surface area contributed by atoms with Gasteiger partial charge in [-0.05, 0) is 37.6 Å². The maximum atomic E-state index is 5.23. The first-order valence-electron chi connectivity index (χ1n) is 5.01. The quantitative estimate of drug-likeness (QED) is 0.736. The van der Waals surface area contributed by atoms with E-state index in [0.29, 0.717) is 5.92 Å². The van der Waals surface area contributed by atoms with Crippen LogP contribution in [0.2, 0.25) is 0 Å². The van der Waals surface area contributed by atoms with Crippen LogP contribution >= 0.6 is 0 Å². The second-order valence-corrected chi connectivity index (χ2v) is 4.52. The predicted molar refractivity (Wildman–Crippen MR) is 59.1 cm³/mol. The van der Waals surface area contributed by atoms with Gasteiger partial charge in [0.15, 0.2) is 0 Å². The first-order valence-corrected chi connectivity index (χ1v) is 5.01. The molecule has 2 rings (SSSR count). The summed E-state index contributed by atoms with van der Waals surface area (Å²) in [6.45, 7) is 6.70. The number of methoxy groups -OCH3 is 1. The van der Waals surface area contributed by atoms with Gasteiger partial charge in [-0.1, -0.05) is 6.92 Å². The number of nitrogens with one attached hydrogen (secondary N) is 1. The molecule has 76 valence electrons. The Kier molecular flexibility index (Phi) is 1.95. The van der Waals surface area contributed by atoms with Gasteiger partial charge in [0, 0.05) is 17.1 Å². The molecule has 0 amide bonds. The van der Waals surface area contributed by atoms with Gasteiger partial charge in [0.05, 0.1) is 7.11 Å². The largest absolute Gasteiger partial charge is 0.497 e. The summed E-state index contributed by atoms with van der Waals surface area (Å²) in [6.07, 6.45) is 0. The Bertz CT molecular complexity index is 357. The summed E-state index contributed by atoms with van der Waals surface area (Å²) in [5.74, 6) is 1.46. The third-order valence-corrected chi connectivity index (χ3v) is 3.26. The number of anilines is 1. The number of benzene rings is 1. The number of rotatable bonds is 1. The zero-order chi connectivity index (χ0) is 10.3. The molecule has 0 radical (unpaired) electrons. The minimum Gasteiger partial charge on any atom is -0.497 e. The fourth-order valence-corrected chi connectivity index (χ4v) is 1.98. The monoisotopic (exact) mass is 191 g/mol. The zero-order valence-corrected chi connectivity index (χ0v) is 9.22. The van der Waals surface area contributed by atoms with Crippen LogP contribution in [-0.4, -0.2) is 12.6 Å².